The van der Waals surface area contributed by atoms with Gasteiger partial charge in [-0.05, 0) is 37.0 Å². The number of thiophene rings is 1. The van der Waals surface area contributed by atoms with E-state index in [2.05, 4.69) is 36.4 Å². The molecule has 3 nitrogen and oxygen atoms in total. The molecule has 2 saturated heterocycles. The van der Waals surface area contributed by atoms with Gasteiger partial charge in [0.2, 0.25) is 0 Å². The lowest BCUT2D eigenvalue weighted by molar-refractivity contribution is -0.156. The van der Waals surface area contributed by atoms with Crippen LogP contribution in [0.5, 0.6) is 0 Å². The fraction of sp³-hybridized carbons (Fsp3) is 0.421. The average molecular weight is 328 g/mol. The summed E-state index contributed by atoms with van der Waals surface area (Å²) < 4.78 is 11.0. The van der Waals surface area contributed by atoms with Gasteiger partial charge in [-0.2, -0.15) is 0 Å². The van der Waals surface area contributed by atoms with E-state index in [-0.39, 0.29) is 23.9 Å². The monoisotopic (exact) mass is 328 g/mol. The van der Waals surface area contributed by atoms with E-state index < -0.39 is 0 Å². The number of hydrogen-bond donors (Lipinski definition) is 0. The molecule has 2 aliphatic rings. The largest absolute Gasteiger partial charge is 0.469 e. The average Bonchev–Trinajstić information content (AvgIpc) is 3.22. The molecule has 1 aromatic carbocycles. The van der Waals surface area contributed by atoms with Crippen molar-refractivity contribution in [2.45, 2.75) is 37.4 Å². The van der Waals surface area contributed by atoms with E-state index in [0.717, 1.165) is 19.3 Å². The Labute approximate surface area is 140 Å². The quantitative estimate of drug-likeness (QED) is 0.791. The second-order valence-electron chi connectivity index (χ2n) is 6.33. The Bertz CT molecular complexity index is 694. The summed E-state index contributed by atoms with van der Waals surface area (Å²) >= 11 is 1.79. The molecule has 4 atom stereocenters. The van der Waals surface area contributed by atoms with E-state index in [1.54, 1.807) is 11.3 Å². The van der Waals surface area contributed by atoms with Crippen LogP contribution in [-0.2, 0) is 14.3 Å². The summed E-state index contributed by atoms with van der Waals surface area (Å²) in [5.41, 5.74) is 1.23. The van der Waals surface area contributed by atoms with Crippen molar-refractivity contribution in [1.29, 1.82) is 0 Å². The zero-order chi connectivity index (χ0) is 15.8. The molecule has 2 bridgehead atoms. The van der Waals surface area contributed by atoms with Gasteiger partial charge in [-0.3, -0.25) is 4.79 Å². The van der Waals surface area contributed by atoms with Crippen LogP contribution < -0.4 is 0 Å². The minimum absolute atomic E-state index is 0.0217. The first-order chi connectivity index (χ1) is 11.3. The van der Waals surface area contributed by atoms with Gasteiger partial charge in [0, 0.05) is 15.7 Å². The first-order valence-electron chi connectivity index (χ1n) is 8.14. The van der Waals surface area contributed by atoms with Gasteiger partial charge < -0.3 is 9.47 Å². The van der Waals surface area contributed by atoms with E-state index in [4.69, 9.17) is 9.47 Å². The summed E-state index contributed by atoms with van der Waals surface area (Å²) in [5.74, 6) is -0.0767. The van der Waals surface area contributed by atoms with E-state index in [1.807, 2.05) is 6.07 Å². The van der Waals surface area contributed by atoms with Crippen molar-refractivity contribution in [1.82, 2.24) is 0 Å². The molecule has 23 heavy (non-hydrogen) atoms. The molecule has 1 aromatic heterocycles. The van der Waals surface area contributed by atoms with Crippen LogP contribution in [0.15, 0.2) is 42.5 Å². The van der Waals surface area contributed by atoms with E-state index >= 15 is 0 Å². The highest BCUT2D eigenvalue weighted by molar-refractivity contribution is 7.15. The molecule has 2 aliphatic heterocycles. The molecule has 0 spiro atoms. The van der Waals surface area contributed by atoms with Crippen LogP contribution in [0.3, 0.4) is 0 Å². The predicted octanol–water partition coefficient (Wildman–Crippen LogP) is 4.24. The van der Waals surface area contributed by atoms with Crippen LogP contribution in [0.1, 0.15) is 30.1 Å². The van der Waals surface area contributed by atoms with Gasteiger partial charge in [0.1, 0.15) is 0 Å². The molecule has 2 unspecified atom stereocenters. The molecule has 0 aliphatic carbocycles. The zero-order valence-electron chi connectivity index (χ0n) is 13.1. The lowest BCUT2D eigenvalue weighted by atomic mass is 9.82. The van der Waals surface area contributed by atoms with Crippen molar-refractivity contribution >= 4 is 17.3 Å². The van der Waals surface area contributed by atoms with Gasteiger partial charge in [-0.1, -0.05) is 30.3 Å². The van der Waals surface area contributed by atoms with Gasteiger partial charge in [0.15, 0.2) is 0 Å². The molecule has 0 N–H and O–H groups in total. The summed E-state index contributed by atoms with van der Waals surface area (Å²) in [5, 5.41) is 0. The number of methoxy groups -OCH3 is 1. The number of ether oxygens (including phenoxy) is 2. The van der Waals surface area contributed by atoms with E-state index in [1.165, 1.54) is 22.4 Å². The van der Waals surface area contributed by atoms with Crippen LogP contribution in [0.4, 0.5) is 0 Å². The Morgan fingerprint density at radius 1 is 1.17 bits per heavy atom. The van der Waals surface area contributed by atoms with Crippen molar-refractivity contribution in [3.05, 3.63) is 47.3 Å². The Morgan fingerprint density at radius 2 is 2.00 bits per heavy atom. The number of rotatable bonds is 3. The first kappa shape index (κ1) is 14.9. The van der Waals surface area contributed by atoms with Crippen molar-refractivity contribution < 1.29 is 14.3 Å². The van der Waals surface area contributed by atoms with Crippen molar-refractivity contribution in [3.8, 4) is 10.4 Å². The number of benzene rings is 1. The van der Waals surface area contributed by atoms with Crippen molar-refractivity contribution in [3.63, 3.8) is 0 Å². The van der Waals surface area contributed by atoms with Gasteiger partial charge in [0.05, 0.1) is 25.2 Å². The Hall–Kier alpha value is -1.65. The minimum Gasteiger partial charge on any atom is -0.469 e. The number of carbonyl (C=O) groups excluding carboxylic acids is 1. The van der Waals surface area contributed by atoms with Gasteiger partial charge in [0.25, 0.3) is 0 Å². The van der Waals surface area contributed by atoms with Crippen LogP contribution in [0.2, 0.25) is 0 Å². The summed E-state index contributed by atoms with van der Waals surface area (Å²) in [6, 6.07) is 14.7. The Balaban J connectivity index is 1.66. The van der Waals surface area contributed by atoms with E-state index in [0.29, 0.717) is 6.10 Å². The zero-order valence-corrected chi connectivity index (χ0v) is 13.9. The smallest absolute Gasteiger partial charge is 0.311 e. The molecule has 0 amide bonds. The maximum atomic E-state index is 12.3. The van der Waals surface area contributed by atoms with Gasteiger partial charge >= 0.3 is 5.97 Å². The normalized spacial score (nSPS) is 29.4. The summed E-state index contributed by atoms with van der Waals surface area (Å²) in [7, 11) is 1.48. The summed E-state index contributed by atoms with van der Waals surface area (Å²) in [4.78, 5) is 14.8. The lowest BCUT2D eigenvalue weighted by Gasteiger charge is -2.34. The maximum absolute atomic E-state index is 12.3. The predicted molar refractivity (Wildman–Crippen MR) is 90.5 cm³/mol. The second-order valence-corrected chi connectivity index (χ2v) is 7.45. The highest BCUT2D eigenvalue weighted by atomic mass is 32.1. The highest BCUT2D eigenvalue weighted by Crippen LogP contribution is 2.48. The number of esters is 1. The molecule has 2 fully saturated rings. The minimum atomic E-state index is -0.166. The number of carbonyl (C=O) groups is 1. The molecule has 0 saturated carbocycles. The van der Waals surface area contributed by atoms with Crippen LogP contribution in [0.25, 0.3) is 10.4 Å². The molecular formula is C19H20O3S. The number of hydrogen-bond acceptors (Lipinski definition) is 4. The maximum Gasteiger partial charge on any atom is 0.311 e. The number of fused-ring (bicyclic) bond motifs is 2. The SMILES string of the molecule is COC(=O)[C@H]1C2CCC(C[C@H]1c1ccc(-c3ccccc3)s1)O2. The topological polar surface area (TPSA) is 35.5 Å². The fourth-order valence-corrected chi connectivity index (χ4v) is 5.09. The Kier molecular flexibility index (Phi) is 3.95. The third-order valence-corrected chi connectivity index (χ3v) is 6.28. The molecule has 4 heteroatoms. The Morgan fingerprint density at radius 3 is 2.78 bits per heavy atom. The standard InChI is InChI=1S/C19H20O3S/c1-21-19(20)18-14(11-13-7-8-15(18)22-13)17-10-9-16(23-17)12-5-3-2-4-6-12/h2-6,9-10,13-15,18H,7-8,11H2,1H3/t13?,14-,15?,18+/m0/s1. The van der Waals surface area contributed by atoms with E-state index in [9.17, 15) is 4.79 Å². The highest BCUT2D eigenvalue weighted by Gasteiger charge is 2.48. The van der Waals surface area contributed by atoms with Crippen molar-refractivity contribution in [2.24, 2.45) is 5.92 Å². The van der Waals surface area contributed by atoms with Crippen LogP contribution in [0, 0.1) is 5.92 Å². The third-order valence-electron chi connectivity index (χ3n) is 5.02. The third kappa shape index (κ3) is 2.70. The molecular weight excluding hydrogens is 308 g/mol. The molecule has 120 valence electrons. The summed E-state index contributed by atoms with van der Waals surface area (Å²) in [6.07, 6.45) is 3.27. The lowest BCUT2D eigenvalue weighted by Crippen LogP contribution is -2.39. The summed E-state index contributed by atoms with van der Waals surface area (Å²) in [6.45, 7) is 0. The molecule has 4 rings (SSSR count). The van der Waals surface area contributed by atoms with Crippen LogP contribution in [-0.4, -0.2) is 25.3 Å². The molecule has 0 radical (unpaired) electrons. The fourth-order valence-electron chi connectivity index (χ4n) is 3.91. The second kappa shape index (κ2) is 6.10. The molecule has 3 heterocycles. The molecule has 2 aromatic rings. The van der Waals surface area contributed by atoms with Gasteiger partial charge in [-0.25, -0.2) is 0 Å². The van der Waals surface area contributed by atoms with Gasteiger partial charge in [-0.15, -0.1) is 11.3 Å². The van der Waals surface area contributed by atoms with Crippen molar-refractivity contribution in [2.75, 3.05) is 7.11 Å². The van der Waals surface area contributed by atoms with Crippen LogP contribution >= 0.6 is 11.3 Å². The first-order valence-corrected chi connectivity index (χ1v) is 8.96.